The monoisotopic (exact) mass is 374 g/mol. The molecule has 0 aliphatic rings. The number of para-hydroxylation sites is 1. The van der Waals surface area contributed by atoms with Crippen LogP contribution < -0.4 is 4.74 Å². The Bertz CT molecular complexity index is 1090. The minimum atomic E-state index is -0.0235. The molecule has 1 N–H and O–H groups in total. The molecule has 2 aromatic carbocycles. The summed E-state index contributed by atoms with van der Waals surface area (Å²) >= 11 is 0. The number of ether oxygens (including phenoxy) is 1. The standard InChI is InChI=1S/C20H18N6O2/c27-9-10-28-17-8-4-5-15(11-17)12-23-25-19-18-13-24-26(20(18)22-14-21-19)16-6-2-1-3-7-16/h1-8,11,13-14,27H,9-10,12H2. The maximum Gasteiger partial charge on any atom is 0.188 e. The SMILES string of the molecule is OCCOc1cccc(CN=Nc2ncnc3c2cnn3-c2ccccc2)c1. The summed E-state index contributed by atoms with van der Waals surface area (Å²) in [5, 5.41) is 22.5. The van der Waals surface area contributed by atoms with Crippen molar-refractivity contribution in [3.05, 3.63) is 72.7 Å². The number of hydrogen-bond donors (Lipinski definition) is 1. The van der Waals surface area contributed by atoms with Gasteiger partial charge < -0.3 is 9.84 Å². The van der Waals surface area contributed by atoms with E-state index in [2.05, 4.69) is 25.3 Å². The largest absolute Gasteiger partial charge is 0.491 e. The molecule has 0 saturated heterocycles. The summed E-state index contributed by atoms with van der Waals surface area (Å²) in [6, 6.07) is 17.3. The molecule has 0 aliphatic carbocycles. The van der Waals surface area contributed by atoms with Crippen LogP contribution in [0.5, 0.6) is 5.75 Å². The molecule has 0 spiro atoms. The van der Waals surface area contributed by atoms with E-state index in [1.807, 2.05) is 54.6 Å². The summed E-state index contributed by atoms with van der Waals surface area (Å²) in [5.74, 6) is 1.16. The highest BCUT2D eigenvalue weighted by Crippen LogP contribution is 2.24. The van der Waals surface area contributed by atoms with Crippen LogP contribution in [-0.2, 0) is 6.54 Å². The van der Waals surface area contributed by atoms with Gasteiger partial charge >= 0.3 is 0 Å². The third kappa shape index (κ3) is 3.86. The second-order valence-electron chi connectivity index (χ2n) is 5.95. The molecule has 0 unspecified atom stereocenters. The second-order valence-corrected chi connectivity index (χ2v) is 5.95. The fraction of sp³-hybridized carbons (Fsp3) is 0.150. The lowest BCUT2D eigenvalue weighted by Gasteiger charge is -2.05. The quantitative estimate of drug-likeness (QED) is 0.500. The first-order valence-corrected chi connectivity index (χ1v) is 8.79. The summed E-state index contributed by atoms with van der Waals surface area (Å²) in [7, 11) is 0. The average Bonchev–Trinajstić information content (AvgIpc) is 3.18. The molecule has 0 fully saturated rings. The first kappa shape index (κ1) is 17.7. The predicted octanol–water partition coefficient (Wildman–Crippen LogP) is 3.47. The van der Waals surface area contributed by atoms with Crippen molar-refractivity contribution in [3.63, 3.8) is 0 Å². The van der Waals surface area contributed by atoms with E-state index in [1.165, 1.54) is 6.33 Å². The molecule has 0 atom stereocenters. The highest BCUT2D eigenvalue weighted by atomic mass is 16.5. The number of benzene rings is 2. The Morgan fingerprint density at radius 2 is 1.93 bits per heavy atom. The molecule has 140 valence electrons. The lowest BCUT2D eigenvalue weighted by Crippen LogP contribution is -2.01. The normalized spacial score (nSPS) is 11.3. The van der Waals surface area contributed by atoms with Crippen LogP contribution in [-0.4, -0.2) is 38.1 Å². The Morgan fingerprint density at radius 3 is 2.79 bits per heavy atom. The molecular formula is C20H18N6O2. The highest BCUT2D eigenvalue weighted by Gasteiger charge is 2.10. The number of rotatable bonds is 7. The average molecular weight is 374 g/mol. The van der Waals surface area contributed by atoms with E-state index < -0.39 is 0 Å². The van der Waals surface area contributed by atoms with Gasteiger partial charge in [-0.3, -0.25) is 0 Å². The van der Waals surface area contributed by atoms with Crippen molar-refractivity contribution in [2.45, 2.75) is 6.54 Å². The number of aliphatic hydroxyl groups excluding tert-OH is 1. The van der Waals surface area contributed by atoms with Crippen molar-refractivity contribution < 1.29 is 9.84 Å². The van der Waals surface area contributed by atoms with E-state index in [4.69, 9.17) is 9.84 Å². The Kier molecular flexibility index (Phi) is 5.30. The fourth-order valence-corrected chi connectivity index (χ4v) is 2.75. The molecule has 0 amide bonds. The lowest BCUT2D eigenvalue weighted by atomic mass is 10.2. The Hall–Kier alpha value is -3.65. The van der Waals surface area contributed by atoms with Gasteiger partial charge in [0.2, 0.25) is 0 Å². The predicted molar refractivity (Wildman–Crippen MR) is 104 cm³/mol. The van der Waals surface area contributed by atoms with Crippen molar-refractivity contribution >= 4 is 16.9 Å². The molecule has 8 nitrogen and oxygen atoms in total. The summed E-state index contributed by atoms with van der Waals surface area (Å²) < 4.78 is 7.16. The van der Waals surface area contributed by atoms with Crippen LogP contribution in [0, 0.1) is 0 Å². The summed E-state index contributed by atoms with van der Waals surface area (Å²) in [6.07, 6.45) is 3.15. The van der Waals surface area contributed by atoms with Crippen molar-refractivity contribution in [1.29, 1.82) is 0 Å². The van der Waals surface area contributed by atoms with Crippen LogP contribution >= 0.6 is 0 Å². The number of azo groups is 1. The van der Waals surface area contributed by atoms with Gasteiger partial charge in [0.25, 0.3) is 0 Å². The zero-order chi connectivity index (χ0) is 19.2. The molecule has 0 bridgehead atoms. The van der Waals surface area contributed by atoms with Crippen molar-refractivity contribution in [2.24, 2.45) is 10.2 Å². The maximum absolute atomic E-state index is 8.85. The fourth-order valence-electron chi connectivity index (χ4n) is 2.75. The molecule has 4 rings (SSSR count). The smallest absolute Gasteiger partial charge is 0.188 e. The van der Waals surface area contributed by atoms with Crippen LogP contribution in [0.4, 0.5) is 5.82 Å². The van der Waals surface area contributed by atoms with Crippen LogP contribution in [0.15, 0.2) is 77.3 Å². The van der Waals surface area contributed by atoms with Crippen molar-refractivity contribution in [1.82, 2.24) is 19.7 Å². The van der Waals surface area contributed by atoms with Gasteiger partial charge in [-0.15, -0.1) is 5.11 Å². The van der Waals surface area contributed by atoms with E-state index in [0.717, 1.165) is 16.6 Å². The number of aliphatic hydroxyl groups is 1. The van der Waals surface area contributed by atoms with Gasteiger partial charge in [0, 0.05) is 0 Å². The van der Waals surface area contributed by atoms with Gasteiger partial charge in [0.05, 0.1) is 30.4 Å². The van der Waals surface area contributed by atoms with Crippen molar-refractivity contribution in [2.75, 3.05) is 13.2 Å². The van der Waals surface area contributed by atoms with Gasteiger partial charge in [-0.2, -0.15) is 10.2 Å². The maximum atomic E-state index is 8.85. The van der Waals surface area contributed by atoms with Crippen LogP contribution in [0.25, 0.3) is 16.7 Å². The molecule has 28 heavy (non-hydrogen) atoms. The minimum Gasteiger partial charge on any atom is -0.491 e. The molecular weight excluding hydrogens is 356 g/mol. The Morgan fingerprint density at radius 1 is 1.04 bits per heavy atom. The van der Waals surface area contributed by atoms with Gasteiger partial charge in [-0.05, 0) is 29.8 Å². The van der Waals surface area contributed by atoms with Crippen molar-refractivity contribution in [3.8, 4) is 11.4 Å². The number of hydrogen-bond acceptors (Lipinski definition) is 7. The van der Waals surface area contributed by atoms with E-state index >= 15 is 0 Å². The second kappa shape index (κ2) is 8.36. The van der Waals surface area contributed by atoms with Crippen LogP contribution in [0.3, 0.4) is 0 Å². The summed E-state index contributed by atoms with van der Waals surface area (Å²) in [4.78, 5) is 8.56. The van der Waals surface area contributed by atoms with Gasteiger partial charge in [-0.1, -0.05) is 30.3 Å². The number of nitrogens with zero attached hydrogens (tertiary/aromatic N) is 6. The summed E-state index contributed by atoms with van der Waals surface area (Å²) in [6.45, 7) is 0.619. The number of aromatic nitrogens is 4. The van der Waals surface area contributed by atoms with Gasteiger partial charge in [0.15, 0.2) is 11.5 Å². The minimum absolute atomic E-state index is 0.0235. The third-order valence-corrected chi connectivity index (χ3v) is 4.02. The van der Waals surface area contributed by atoms with E-state index in [9.17, 15) is 0 Å². The molecule has 2 aromatic heterocycles. The van der Waals surface area contributed by atoms with E-state index in [1.54, 1.807) is 10.9 Å². The number of fused-ring (bicyclic) bond motifs is 1. The topological polar surface area (TPSA) is 97.8 Å². The first-order valence-electron chi connectivity index (χ1n) is 8.79. The third-order valence-electron chi connectivity index (χ3n) is 4.02. The Labute approximate surface area is 161 Å². The molecule has 0 aliphatic heterocycles. The zero-order valence-corrected chi connectivity index (χ0v) is 15.0. The first-order chi connectivity index (χ1) is 13.8. The van der Waals surface area contributed by atoms with E-state index in [0.29, 0.717) is 23.8 Å². The molecule has 0 radical (unpaired) electrons. The Balaban J connectivity index is 1.55. The van der Waals surface area contributed by atoms with Crippen LogP contribution in [0.1, 0.15) is 5.56 Å². The summed E-state index contributed by atoms with van der Waals surface area (Å²) in [5.41, 5.74) is 2.54. The zero-order valence-electron chi connectivity index (χ0n) is 15.0. The molecule has 8 heteroatoms. The molecule has 2 heterocycles. The van der Waals surface area contributed by atoms with Gasteiger partial charge in [0.1, 0.15) is 18.7 Å². The highest BCUT2D eigenvalue weighted by molar-refractivity contribution is 5.85. The van der Waals surface area contributed by atoms with Gasteiger partial charge in [-0.25, -0.2) is 14.6 Å². The lowest BCUT2D eigenvalue weighted by molar-refractivity contribution is 0.201. The molecule has 0 saturated carbocycles. The molecule has 4 aromatic rings. The van der Waals surface area contributed by atoms with Crippen LogP contribution in [0.2, 0.25) is 0 Å². The van der Waals surface area contributed by atoms with E-state index in [-0.39, 0.29) is 13.2 Å².